The number of benzene rings is 2. The third-order valence-electron chi connectivity index (χ3n) is 5.35. The van der Waals surface area contributed by atoms with E-state index < -0.39 is 17.6 Å². The van der Waals surface area contributed by atoms with E-state index in [0.29, 0.717) is 38.8 Å². The third kappa shape index (κ3) is 4.52. The zero-order valence-corrected chi connectivity index (χ0v) is 20.0. The van der Waals surface area contributed by atoms with E-state index in [1.807, 2.05) is 6.92 Å². The van der Waals surface area contributed by atoms with E-state index in [9.17, 15) is 18.0 Å². The summed E-state index contributed by atoms with van der Waals surface area (Å²) in [5, 5.41) is 13.5. The van der Waals surface area contributed by atoms with Gasteiger partial charge < -0.3 is 10.6 Å². The zero-order valence-electron chi connectivity index (χ0n) is 18.4. The van der Waals surface area contributed by atoms with Crippen molar-refractivity contribution in [1.29, 1.82) is 0 Å². The Kier molecular flexibility index (Phi) is 5.92. The zero-order chi connectivity index (χ0) is 25.4. The average Bonchev–Trinajstić information content (AvgIpc) is 3.47. The van der Waals surface area contributed by atoms with Gasteiger partial charge in [-0.1, -0.05) is 12.1 Å². The summed E-state index contributed by atoms with van der Waals surface area (Å²) < 4.78 is 41.4. The van der Waals surface area contributed by atoms with E-state index in [1.54, 1.807) is 35.2 Å². The number of H-pyrrole nitrogens is 1. The molecule has 0 bridgehead atoms. The van der Waals surface area contributed by atoms with Crippen LogP contribution >= 0.6 is 15.9 Å². The highest BCUT2D eigenvalue weighted by molar-refractivity contribution is 9.10. The molecule has 0 saturated carbocycles. The molecule has 0 unspecified atom stereocenters. The summed E-state index contributed by atoms with van der Waals surface area (Å²) in [6, 6.07) is 9.36. The molecule has 2 aromatic carbocycles. The largest absolute Gasteiger partial charge is 0.416 e. The van der Waals surface area contributed by atoms with Gasteiger partial charge in [-0.05, 0) is 58.7 Å². The van der Waals surface area contributed by atoms with Crippen LogP contribution in [0.25, 0.3) is 16.9 Å². The maximum atomic E-state index is 13.0. The highest BCUT2D eigenvalue weighted by atomic mass is 79.9. The Bertz CT molecular complexity index is 1590. The van der Waals surface area contributed by atoms with Gasteiger partial charge >= 0.3 is 6.18 Å². The minimum atomic E-state index is -4.54. The summed E-state index contributed by atoms with van der Waals surface area (Å²) in [6.07, 6.45) is 0.168. The minimum Gasteiger partial charge on any atom is -0.325 e. The molecule has 182 valence electrons. The monoisotopic (exact) mass is 556 g/mol. The number of hydrogen-bond donors (Lipinski definition) is 3. The first-order valence-electron chi connectivity index (χ1n) is 10.5. The number of halogens is 4. The van der Waals surface area contributed by atoms with Crippen molar-refractivity contribution < 1.29 is 18.0 Å². The second-order valence-corrected chi connectivity index (χ2v) is 8.53. The van der Waals surface area contributed by atoms with Crippen LogP contribution < -0.4 is 10.6 Å². The van der Waals surface area contributed by atoms with Crippen LogP contribution in [0.4, 0.5) is 30.5 Å². The average molecular weight is 557 g/mol. The Morgan fingerprint density at radius 1 is 1.11 bits per heavy atom. The molecule has 13 heteroatoms. The molecular weight excluding hydrogens is 541 g/mol. The lowest BCUT2D eigenvalue weighted by atomic mass is 10.1. The molecule has 5 aromatic rings. The Morgan fingerprint density at radius 3 is 2.75 bits per heavy atom. The van der Waals surface area contributed by atoms with Gasteiger partial charge in [0, 0.05) is 29.3 Å². The van der Waals surface area contributed by atoms with E-state index in [2.05, 4.69) is 51.7 Å². The molecule has 0 spiro atoms. The molecular formula is C23H16BrF3N8O. The second-order valence-electron chi connectivity index (χ2n) is 7.74. The Labute approximate surface area is 209 Å². The number of fused-ring (bicyclic) bond motifs is 1. The highest BCUT2D eigenvalue weighted by Gasteiger charge is 2.31. The van der Waals surface area contributed by atoms with Crippen LogP contribution in [0.5, 0.6) is 0 Å². The smallest absolute Gasteiger partial charge is 0.325 e. The molecule has 0 aliphatic carbocycles. The number of imidazole rings is 1. The fourth-order valence-electron chi connectivity index (χ4n) is 3.55. The number of nitrogens with one attached hydrogen (secondary N) is 3. The number of aromatic amines is 1. The lowest BCUT2D eigenvalue weighted by Gasteiger charge is -2.14. The van der Waals surface area contributed by atoms with Gasteiger partial charge in [-0.25, -0.2) is 15.0 Å². The minimum absolute atomic E-state index is 0.103. The van der Waals surface area contributed by atoms with E-state index in [1.165, 1.54) is 18.5 Å². The summed E-state index contributed by atoms with van der Waals surface area (Å²) in [5.74, 6) is 0.311. The maximum absolute atomic E-state index is 13.0. The number of nitrogens with zero attached hydrogens (tertiary/aromatic N) is 5. The molecule has 0 fully saturated rings. The highest BCUT2D eigenvalue weighted by Crippen LogP contribution is 2.31. The molecule has 0 atom stereocenters. The van der Waals surface area contributed by atoms with Gasteiger partial charge in [0.2, 0.25) is 5.95 Å². The Balaban J connectivity index is 1.42. The number of alkyl halides is 3. The van der Waals surface area contributed by atoms with Gasteiger partial charge in [0.15, 0.2) is 11.5 Å². The first-order valence-corrected chi connectivity index (χ1v) is 11.2. The molecule has 36 heavy (non-hydrogen) atoms. The maximum Gasteiger partial charge on any atom is 0.416 e. The van der Waals surface area contributed by atoms with Gasteiger partial charge in [0.25, 0.3) is 5.91 Å². The van der Waals surface area contributed by atoms with Crippen molar-refractivity contribution in [3.05, 3.63) is 82.5 Å². The summed E-state index contributed by atoms with van der Waals surface area (Å²) in [6.45, 7) is 1.86. The first kappa shape index (κ1) is 23.5. The number of hydrogen-bond acceptors (Lipinski definition) is 6. The number of carbonyl (C=O) groups excluding carboxylic acids is 1. The number of aryl methyl sites for hydroxylation is 1. The van der Waals surface area contributed by atoms with E-state index in [4.69, 9.17) is 0 Å². The Hall–Kier alpha value is -4.26. The predicted octanol–water partition coefficient (Wildman–Crippen LogP) is 5.62. The number of carbonyl (C=O) groups is 1. The van der Waals surface area contributed by atoms with Gasteiger partial charge in [-0.2, -0.15) is 18.3 Å². The van der Waals surface area contributed by atoms with Crippen LogP contribution in [0.15, 0.2) is 65.8 Å². The van der Waals surface area contributed by atoms with Crippen LogP contribution in [0.1, 0.15) is 21.5 Å². The van der Waals surface area contributed by atoms with Gasteiger partial charge in [-0.15, -0.1) is 0 Å². The molecule has 1 amide bonds. The van der Waals surface area contributed by atoms with Crippen molar-refractivity contribution in [3.63, 3.8) is 0 Å². The van der Waals surface area contributed by atoms with E-state index >= 15 is 0 Å². The SMILES string of the molecule is Cc1ccc(NC(=O)c2cccc(C(F)(F)F)c2)cc1Nc1nccn1-c1ncnc2n[nH]c(Br)c12. The van der Waals surface area contributed by atoms with E-state index in [-0.39, 0.29) is 5.56 Å². The number of amides is 1. The van der Waals surface area contributed by atoms with Gasteiger partial charge in [0.05, 0.1) is 10.9 Å². The normalized spacial score (nSPS) is 11.6. The standard InChI is InChI=1S/C23H16BrF3N8O/c1-12-5-6-15(31-21(36)13-3-2-4-14(9-13)23(25,26)27)10-16(12)32-22-28-7-8-35(22)20-17-18(24)33-34-19(17)29-11-30-20/h2-11H,1H3,(H,28,32)(H,31,36)(H,29,30,33,34). The molecule has 3 heterocycles. The van der Waals surface area contributed by atoms with Crippen molar-refractivity contribution in [1.82, 2.24) is 29.7 Å². The fourth-order valence-corrected chi connectivity index (χ4v) is 3.99. The van der Waals surface area contributed by atoms with Crippen LogP contribution in [0.2, 0.25) is 0 Å². The van der Waals surface area contributed by atoms with Crippen molar-refractivity contribution in [2.75, 3.05) is 10.6 Å². The molecule has 0 aliphatic heterocycles. The fraction of sp³-hybridized carbons (Fsp3) is 0.0870. The molecule has 0 saturated heterocycles. The topological polar surface area (TPSA) is 113 Å². The van der Waals surface area contributed by atoms with Crippen LogP contribution in [0, 0.1) is 6.92 Å². The lowest BCUT2D eigenvalue weighted by molar-refractivity contribution is -0.137. The third-order valence-corrected chi connectivity index (χ3v) is 5.92. The summed E-state index contributed by atoms with van der Waals surface area (Å²) in [7, 11) is 0. The van der Waals surface area contributed by atoms with Gasteiger partial charge in [0.1, 0.15) is 10.9 Å². The van der Waals surface area contributed by atoms with Crippen LogP contribution in [-0.4, -0.2) is 35.6 Å². The van der Waals surface area contributed by atoms with Crippen LogP contribution in [-0.2, 0) is 6.18 Å². The number of anilines is 3. The summed E-state index contributed by atoms with van der Waals surface area (Å²) in [5.41, 5.74) is 1.35. The predicted molar refractivity (Wildman–Crippen MR) is 130 cm³/mol. The molecule has 0 aliphatic rings. The quantitative estimate of drug-likeness (QED) is 0.259. The van der Waals surface area contributed by atoms with Gasteiger partial charge in [-0.3, -0.25) is 14.5 Å². The second kappa shape index (κ2) is 9.07. The molecule has 0 radical (unpaired) electrons. The Morgan fingerprint density at radius 2 is 1.94 bits per heavy atom. The first-order chi connectivity index (χ1) is 17.2. The molecule has 5 rings (SSSR count). The number of rotatable bonds is 5. The van der Waals surface area contributed by atoms with E-state index in [0.717, 1.165) is 17.7 Å². The van der Waals surface area contributed by atoms with Crippen molar-refractivity contribution in [3.8, 4) is 5.82 Å². The van der Waals surface area contributed by atoms with Crippen LogP contribution in [0.3, 0.4) is 0 Å². The summed E-state index contributed by atoms with van der Waals surface area (Å²) in [4.78, 5) is 25.5. The molecule has 3 N–H and O–H groups in total. The van der Waals surface area contributed by atoms with Crippen molar-refractivity contribution >= 4 is 50.2 Å². The number of aromatic nitrogens is 6. The van der Waals surface area contributed by atoms with Crippen molar-refractivity contribution in [2.45, 2.75) is 13.1 Å². The lowest BCUT2D eigenvalue weighted by Crippen LogP contribution is -2.14. The molecule has 3 aromatic heterocycles. The molecule has 9 nitrogen and oxygen atoms in total. The summed E-state index contributed by atoms with van der Waals surface area (Å²) >= 11 is 3.42. The van der Waals surface area contributed by atoms with Crippen molar-refractivity contribution in [2.24, 2.45) is 0 Å².